The van der Waals surface area contributed by atoms with Crippen LogP contribution in [0.1, 0.15) is 28.4 Å². The van der Waals surface area contributed by atoms with Gasteiger partial charge in [0.1, 0.15) is 5.82 Å². The highest BCUT2D eigenvalue weighted by Gasteiger charge is 2.19. The van der Waals surface area contributed by atoms with Crippen molar-refractivity contribution in [3.05, 3.63) is 71.0 Å². The molecule has 5 nitrogen and oxygen atoms in total. The molecule has 6 heteroatoms. The largest absolute Gasteiger partial charge is 0.291 e. The van der Waals surface area contributed by atoms with Gasteiger partial charge in [-0.05, 0) is 56.3 Å². The van der Waals surface area contributed by atoms with E-state index in [1.165, 1.54) is 24.3 Å². The van der Waals surface area contributed by atoms with E-state index in [1.54, 1.807) is 6.92 Å². The second-order valence-corrected chi connectivity index (χ2v) is 5.97. The van der Waals surface area contributed by atoms with E-state index in [0.717, 1.165) is 11.1 Å². The van der Waals surface area contributed by atoms with E-state index in [-0.39, 0.29) is 11.5 Å². The van der Waals surface area contributed by atoms with Crippen LogP contribution in [0.25, 0.3) is 0 Å². The van der Waals surface area contributed by atoms with E-state index in [4.69, 9.17) is 0 Å². The molecule has 0 fully saturated rings. The van der Waals surface area contributed by atoms with Gasteiger partial charge in [-0.2, -0.15) is 0 Å². The molecule has 0 unspecified atom stereocenters. The fourth-order valence-corrected chi connectivity index (χ4v) is 2.29. The summed E-state index contributed by atoms with van der Waals surface area (Å²) >= 11 is 0. The monoisotopic (exact) mass is 343 g/mol. The van der Waals surface area contributed by atoms with Gasteiger partial charge in [-0.3, -0.25) is 25.3 Å². The molecule has 132 valence electrons. The Balaban J connectivity index is 1.88. The highest BCUT2D eigenvalue weighted by Crippen LogP contribution is 2.11. The van der Waals surface area contributed by atoms with Crippen molar-refractivity contribution in [3.63, 3.8) is 0 Å². The number of halogens is 1. The zero-order chi connectivity index (χ0) is 18.4. The number of hydrogen-bond donors (Lipinski definition) is 2. The van der Waals surface area contributed by atoms with Crippen LogP contribution in [-0.2, 0) is 11.3 Å². The Morgan fingerprint density at radius 3 is 2.36 bits per heavy atom. The Hall–Kier alpha value is -2.73. The van der Waals surface area contributed by atoms with Gasteiger partial charge in [0.2, 0.25) is 0 Å². The van der Waals surface area contributed by atoms with Crippen LogP contribution in [-0.4, -0.2) is 29.8 Å². The zero-order valence-corrected chi connectivity index (χ0v) is 14.5. The van der Waals surface area contributed by atoms with Crippen molar-refractivity contribution in [3.8, 4) is 0 Å². The summed E-state index contributed by atoms with van der Waals surface area (Å²) in [7, 11) is 1.85. The van der Waals surface area contributed by atoms with Crippen molar-refractivity contribution in [2.75, 3.05) is 7.05 Å². The van der Waals surface area contributed by atoms with Crippen molar-refractivity contribution in [2.45, 2.75) is 26.4 Å². The summed E-state index contributed by atoms with van der Waals surface area (Å²) in [6.45, 7) is 4.40. The Labute approximate surface area is 146 Å². The second kappa shape index (κ2) is 8.39. The minimum Gasteiger partial charge on any atom is -0.291 e. The molecule has 0 bridgehead atoms. The first-order valence-electron chi connectivity index (χ1n) is 7.99. The van der Waals surface area contributed by atoms with E-state index in [1.807, 2.05) is 43.1 Å². The molecule has 0 spiro atoms. The molecule has 2 aromatic rings. The Kier molecular flexibility index (Phi) is 6.25. The molecule has 0 saturated heterocycles. The van der Waals surface area contributed by atoms with Crippen LogP contribution in [0.4, 0.5) is 4.39 Å². The summed E-state index contributed by atoms with van der Waals surface area (Å²) < 4.78 is 12.9. The molecular weight excluding hydrogens is 321 g/mol. The maximum Gasteiger partial charge on any atom is 0.269 e. The molecule has 0 radical (unpaired) electrons. The van der Waals surface area contributed by atoms with Crippen molar-refractivity contribution in [1.82, 2.24) is 15.8 Å². The van der Waals surface area contributed by atoms with Gasteiger partial charge < -0.3 is 0 Å². The topological polar surface area (TPSA) is 61.4 Å². The smallest absolute Gasteiger partial charge is 0.269 e. The molecule has 0 aliphatic heterocycles. The number of hydrogen-bond acceptors (Lipinski definition) is 3. The molecule has 0 heterocycles. The van der Waals surface area contributed by atoms with Crippen LogP contribution in [0.3, 0.4) is 0 Å². The first kappa shape index (κ1) is 18.6. The predicted molar refractivity (Wildman–Crippen MR) is 94.1 cm³/mol. The lowest BCUT2D eigenvalue weighted by Crippen LogP contribution is -2.50. The minimum absolute atomic E-state index is 0.266. The third kappa shape index (κ3) is 5.12. The number of carbonyl (C=O) groups is 2. The van der Waals surface area contributed by atoms with Crippen molar-refractivity contribution in [2.24, 2.45) is 0 Å². The van der Waals surface area contributed by atoms with Gasteiger partial charge in [0, 0.05) is 12.1 Å². The van der Waals surface area contributed by atoms with Crippen LogP contribution in [0.5, 0.6) is 0 Å². The summed E-state index contributed by atoms with van der Waals surface area (Å²) in [6, 6.07) is 12.6. The number of benzene rings is 2. The number of nitrogens with zero attached hydrogens (tertiary/aromatic N) is 1. The summed E-state index contributed by atoms with van der Waals surface area (Å²) in [5.74, 6) is -1.25. The number of hydrazine groups is 1. The summed E-state index contributed by atoms with van der Waals surface area (Å²) in [5.41, 5.74) is 7.31. The lowest BCUT2D eigenvalue weighted by Gasteiger charge is -2.24. The average Bonchev–Trinajstić information content (AvgIpc) is 2.61. The van der Waals surface area contributed by atoms with Gasteiger partial charge in [-0.25, -0.2) is 4.39 Å². The molecule has 0 aromatic heterocycles. The molecule has 2 amide bonds. The number of carbonyl (C=O) groups excluding carboxylic acids is 2. The predicted octanol–water partition coefficient (Wildman–Crippen LogP) is 2.42. The molecule has 0 saturated carbocycles. The van der Waals surface area contributed by atoms with E-state index >= 15 is 0 Å². The molecule has 25 heavy (non-hydrogen) atoms. The highest BCUT2D eigenvalue weighted by molar-refractivity contribution is 5.95. The fourth-order valence-electron chi connectivity index (χ4n) is 2.29. The van der Waals surface area contributed by atoms with E-state index in [2.05, 4.69) is 10.9 Å². The molecule has 2 N–H and O–H groups in total. The molecule has 1 atom stereocenters. The summed E-state index contributed by atoms with van der Waals surface area (Å²) in [4.78, 5) is 26.0. The van der Waals surface area contributed by atoms with Crippen molar-refractivity contribution >= 4 is 11.8 Å². The SMILES string of the molecule is Cc1ccccc1CN(C)[C@@H](C)C(=O)NNC(=O)c1ccc(F)cc1. The first-order chi connectivity index (χ1) is 11.9. The van der Waals surface area contributed by atoms with E-state index < -0.39 is 17.8 Å². The lowest BCUT2D eigenvalue weighted by molar-refractivity contribution is -0.126. The maximum absolute atomic E-state index is 12.9. The Bertz CT molecular complexity index is 747. The van der Waals surface area contributed by atoms with E-state index in [0.29, 0.717) is 6.54 Å². The van der Waals surface area contributed by atoms with Crippen LogP contribution in [0.15, 0.2) is 48.5 Å². The van der Waals surface area contributed by atoms with Gasteiger partial charge in [0.25, 0.3) is 11.8 Å². The maximum atomic E-state index is 12.9. The Morgan fingerprint density at radius 1 is 1.08 bits per heavy atom. The van der Waals surface area contributed by atoms with Crippen LogP contribution in [0, 0.1) is 12.7 Å². The lowest BCUT2D eigenvalue weighted by atomic mass is 10.1. The molecule has 2 aromatic carbocycles. The van der Waals surface area contributed by atoms with Gasteiger partial charge >= 0.3 is 0 Å². The highest BCUT2D eigenvalue weighted by atomic mass is 19.1. The average molecular weight is 343 g/mol. The normalized spacial score (nSPS) is 11.9. The standard InChI is InChI=1S/C19H22FN3O2/c1-13-6-4-5-7-16(13)12-23(3)14(2)18(24)21-22-19(25)15-8-10-17(20)11-9-15/h4-11,14H,12H2,1-3H3,(H,21,24)(H,22,25)/t14-/m0/s1. The quantitative estimate of drug-likeness (QED) is 0.820. The molecule has 0 aliphatic carbocycles. The summed E-state index contributed by atoms with van der Waals surface area (Å²) in [5, 5.41) is 0. The van der Waals surface area contributed by atoms with Crippen LogP contribution < -0.4 is 10.9 Å². The van der Waals surface area contributed by atoms with Crippen LogP contribution in [0.2, 0.25) is 0 Å². The third-order valence-corrected chi connectivity index (χ3v) is 4.13. The third-order valence-electron chi connectivity index (χ3n) is 4.13. The minimum atomic E-state index is -0.498. The van der Waals surface area contributed by atoms with Gasteiger partial charge in [-0.15, -0.1) is 0 Å². The number of rotatable bonds is 5. The van der Waals surface area contributed by atoms with E-state index in [9.17, 15) is 14.0 Å². The number of likely N-dealkylation sites (N-methyl/N-ethyl adjacent to an activating group) is 1. The molecule has 2 rings (SSSR count). The van der Waals surface area contributed by atoms with Crippen molar-refractivity contribution in [1.29, 1.82) is 0 Å². The van der Waals surface area contributed by atoms with Gasteiger partial charge in [0.05, 0.1) is 6.04 Å². The number of aryl methyl sites for hydroxylation is 1. The molecule has 0 aliphatic rings. The number of nitrogens with one attached hydrogen (secondary N) is 2. The zero-order valence-electron chi connectivity index (χ0n) is 14.5. The fraction of sp³-hybridized carbons (Fsp3) is 0.263. The van der Waals surface area contributed by atoms with Crippen LogP contribution >= 0.6 is 0 Å². The second-order valence-electron chi connectivity index (χ2n) is 5.97. The summed E-state index contributed by atoms with van der Waals surface area (Å²) in [6.07, 6.45) is 0. The molecular formula is C19H22FN3O2. The van der Waals surface area contributed by atoms with Crippen molar-refractivity contribution < 1.29 is 14.0 Å². The Morgan fingerprint density at radius 2 is 1.72 bits per heavy atom. The van der Waals surface area contributed by atoms with Gasteiger partial charge in [-0.1, -0.05) is 24.3 Å². The van der Waals surface area contributed by atoms with Gasteiger partial charge in [0.15, 0.2) is 0 Å². The number of amides is 2. The first-order valence-corrected chi connectivity index (χ1v) is 7.99.